The summed E-state index contributed by atoms with van der Waals surface area (Å²) in [4.78, 5) is 66.5. The van der Waals surface area contributed by atoms with E-state index in [4.69, 9.17) is 21.1 Å². The number of halogens is 4. The van der Waals surface area contributed by atoms with E-state index in [2.05, 4.69) is 41.2 Å². The maximum Gasteiger partial charge on any atom is 0.422 e. The van der Waals surface area contributed by atoms with Crippen LogP contribution in [0, 0.1) is 0 Å². The van der Waals surface area contributed by atoms with E-state index in [1.807, 2.05) is 18.2 Å². The van der Waals surface area contributed by atoms with Crippen molar-refractivity contribution in [2.24, 2.45) is 4.99 Å². The number of nitrogens with zero attached hydrogens (tertiary/aromatic N) is 4. The quantitative estimate of drug-likeness (QED) is 0.110. The molecule has 1 aromatic heterocycles. The number of allylic oxidation sites excluding steroid dienone is 1. The van der Waals surface area contributed by atoms with Crippen molar-refractivity contribution in [3.8, 4) is 6.01 Å². The number of methoxy groups -OCH3 is 1. The van der Waals surface area contributed by atoms with Gasteiger partial charge in [0.1, 0.15) is 6.04 Å². The van der Waals surface area contributed by atoms with Gasteiger partial charge in [-0.05, 0) is 61.2 Å². The molecule has 2 amide bonds. The summed E-state index contributed by atoms with van der Waals surface area (Å²) in [5.74, 6) is -3.21. The van der Waals surface area contributed by atoms with Gasteiger partial charge in [0.2, 0.25) is 17.7 Å². The Hall–Kier alpha value is -5.58. The molecule has 4 N–H and O–H groups in total. The number of Topliss-reactive ketones (excluding diaryl/α,β-unsaturated/α-hetero) is 1. The van der Waals surface area contributed by atoms with Crippen molar-refractivity contribution in [1.29, 1.82) is 0 Å². The first kappa shape index (κ1) is 37.7. The van der Waals surface area contributed by atoms with Crippen LogP contribution in [0.5, 0.6) is 6.01 Å². The first-order valence-corrected chi connectivity index (χ1v) is 16.5. The number of esters is 1. The van der Waals surface area contributed by atoms with Crippen molar-refractivity contribution >= 4 is 59.0 Å². The summed E-state index contributed by atoms with van der Waals surface area (Å²) in [6.07, 6.45) is 1.13. The van der Waals surface area contributed by atoms with Crippen molar-refractivity contribution in [2.45, 2.75) is 56.3 Å². The van der Waals surface area contributed by atoms with Gasteiger partial charge in [-0.15, -0.1) is 0 Å². The van der Waals surface area contributed by atoms with E-state index in [9.17, 15) is 32.3 Å². The summed E-state index contributed by atoms with van der Waals surface area (Å²) in [5, 5.41) is 11.6. The van der Waals surface area contributed by atoms with Crippen LogP contribution in [0.3, 0.4) is 0 Å². The van der Waals surface area contributed by atoms with E-state index in [0.29, 0.717) is 30.0 Å². The molecule has 1 aliphatic carbocycles. The molecule has 5 rings (SSSR count). The number of hydrogen-bond donors (Lipinski definition) is 4. The van der Waals surface area contributed by atoms with E-state index < -0.39 is 53.9 Å². The predicted octanol–water partition coefficient (Wildman–Crippen LogP) is 4.80. The second-order valence-electron chi connectivity index (χ2n) is 11.8. The molecule has 14 nitrogen and oxygen atoms in total. The van der Waals surface area contributed by atoms with E-state index in [1.165, 1.54) is 24.3 Å². The Kier molecular flexibility index (Phi) is 12.0. The molecule has 3 aromatic rings. The highest BCUT2D eigenvalue weighted by Crippen LogP contribution is 2.48. The van der Waals surface area contributed by atoms with Gasteiger partial charge in [-0.25, -0.2) is 4.79 Å². The highest BCUT2D eigenvalue weighted by atomic mass is 35.5. The van der Waals surface area contributed by atoms with Gasteiger partial charge in [-0.3, -0.25) is 19.4 Å². The average molecular weight is 743 g/mol. The Morgan fingerprint density at radius 1 is 0.981 bits per heavy atom. The van der Waals surface area contributed by atoms with Crippen LogP contribution in [-0.2, 0) is 24.7 Å². The maximum atomic E-state index is 13.0. The molecular formula is C34H34ClF3N8O6. The zero-order chi connectivity index (χ0) is 37.3. The number of carbonyl (C=O) groups excluding carboxylic acids is 4. The standard InChI is InChI=1S/C34H34ClF3N8O6/c1-51-29(50)25(12-13-26(47)28(49)40-18-14-23-3-2-17-39-23)42-27(48)20-4-10-24(11-5-20)41-30-43-31(45-32(44-30)52-19-34(36,37)38)46-33(15-16-33)21-6-8-22(35)9-7-21/h3-11,17,25H,2,12-16,18-19H2,1H3,(H,40,49)(H,42,48)(H2,41,43,44,45,46)/t25-/m0/s1. The Morgan fingerprint density at radius 2 is 1.69 bits per heavy atom. The van der Waals surface area contributed by atoms with Crippen LogP contribution < -0.4 is 26.0 Å². The Labute approximate surface area is 300 Å². The minimum absolute atomic E-state index is 0.0283. The number of ether oxygens (including phenoxy) is 2. The molecular weight excluding hydrogens is 709 g/mol. The lowest BCUT2D eigenvalue weighted by Crippen LogP contribution is -2.42. The number of rotatable bonds is 17. The number of amides is 2. The first-order chi connectivity index (χ1) is 24.8. The van der Waals surface area contributed by atoms with E-state index in [0.717, 1.165) is 24.8 Å². The third-order valence-electron chi connectivity index (χ3n) is 7.97. The average Bonchev–Trinajstić information content (AvgIpc) is 3.70. The molecule has 1 fully saturated rings. The summed E-state index contributed by atoms with van der Waals surface area (Å²) in [6.45, 7) is -1.40. The second-order valence-corrected chi connectivity index (χ2v) is 12.3. The van der Waals surface area contributed by atoms with Gasteiger partial charge >= 0.3 is 18.2 Å². The van der Waals surface area contributed by atoms with Crippen molar-refractivity contribution in [3.63, 3.8) is 0 Å². The number of hydrogen-bond acceptors (Lipinski definition) is 12. The second kappa shape index (κ2) is 16.6. The highest BCUT2D eigenvalue weighted by Gasteiger charge is 2.45. The summed E-state index contributed by atoms with van der Waals surface area (Å²) in [6, 6.07) is 11.1. The number of benzene rings is 2. The lowest BCUT2D eigenvalue weighted by Gasteiger charge is -2.19. The van der Waals surface area contributed by atoms with Gasteiger partial charge in [0.05, 0.1) is 12.6 Å². The van der Waals surface area contributed by atoms with Gasteiger partial charge in [0, 0.05) is 54.0 Å². The lowest BCUT2D eigenvalue weighted by molar-refractivity contribution is -0.154. The molecule has 0 radical (unpaired) electrons. The van der Waals surface area contributed by atoms with Gasteiger partial charge < -0.3 is 30.7 Å². The van der Waals surface area contributed by atoms with Gasteiger partial charge in [-0.2, -0.15) is 28.1 Å². The molecule has 52 heavy (non-hydrogen) atoms. The number of nitrogens with one attached hydrogen (secondary N) is 4. The topological polar surface area (TPSA) is 186 Å². The first-order valence-electron chi connectivity index (χ1n) is 16.1. The minimum atomic E-state index is -4.63. The molecule has 0 unspecified atom stereocenters. The zero-order valence-corrected chi connectivity index (χ0v) is 28.5. The number of anilines is 3. The number of carbonyl (C=O) groups is 4. The highest BCUT2D eigenvalue weighted by molar-refractivity contribution is 6.36. The number of ketones is 1. The van der Waals surface area contributed by atoms with Crippen molar-refractivity contribution in [1.82, 2.24) is 25.6 Å². The SMILES string of the molecule is COC(=O)[C@H](CCC(=O)C(=O)NCCC1=CCC=N1)NC(=O)c1ccc(Nc2nc(NC3(c4ccc(Cl)cc4)CC3)nc(OCC(F)(F)F)n2)cc1. The Morgan fingerprint density at radius 3 is 2.33 bits per heavy atom. The molecule has 1 atom stereocenters. The summed E-state index contributed by atoms with van der Waals surface area (Å²) < 4.78 is 48.4. The zero-order valence-electron chi connectivity index (χ0n) is 27.8. The fourth-order valence-electron chi connectivity index (χ4n) is 5.11. The summed E-state index contributed by atoms with van der Waals surface area (Å²) in [7, 11) is 1.13. The largest absolute Gasteiger partial charge is 0.467 e. The maximum absolute atomic E-state index is 13.0. The fraction of sp³-hybridized carbons (Fsp3) is 0.353. The molecule has 18 heteroatoms. The monoisotopic (exact) mass is 742 g/mol. The molecule has 1 saturated carbocycles. The number of aliphatic imine (C=N–C) groups is 1. The molecule has 1 aliphatic heterocycles. The van der Waals surface area contributed by atoms with Crippen LogP contribution in [0.1, 0.15) is 54.4 Å². The predicted molar refractivity (Wildman–Crippen MR) is 183 cm³/mol. The number of aromatic nitrogens is 3. The lowest BCUT2D eigenvalue weighted by atomic mass is 10.1. The van der Waals surface area contributed by atoms with Crippen LogP contribution in [0.25, 0.3) is 0 Å². The Bertz CT molecular complexity index is 1850. The molecule has 2 aromatic carbocycles. The smallest absolute Gasteiger partial charge is 0.422 e. The van der Waals surface area contributed by atoms with Gasteiger partial charge in [0.15, 0.2) is 6.61 Å². The molecule has 274 valence electrons. The third kappa shape index (κ3) is 10.7. The van der Waals surface area contributed by atoms with Crippen molar-refractivity contribution in [2.75, 3.05) is 30.9 Å². The molecule has 2 aliphatic rings. The van der Waals surface area contributed by atoms with Gasteiger partial charge in [0.25, 0.3) is 11.8 Å². The molecule has 0 saturated heterocycles. The van der Waals surface area contributed by atoms with Crippen LogP contribution in [0.2, 0.25) is 5.02 Å². The fourth-order valence-corrected chi connectivity index (χ4v) is 5.24. The van der Waals surface area contributed by atoms with E-state index in [1.54, 1.807) is 18.3 Å². The van der Waals surface area contributed by atoms with Crippen molar-refractivity contribution < 1.29 is 41.8 Å². The normalized spacial score (nSPS) is 14.8. The minimum Gasteiger partial charge on any atom is -0.467 e. The molecule has 2 heterocycles. The van der Waals surface area contributed by atoms with Crippen LogP contribution in [-0.4, -0.2) is 77.2 Å². The Balaban J connectivity index is 1.21. The summed E-state index contributed by atoms with van der Waals surface area (Å²) in [5.41, 5.74) is 1.64. The number of alkyl halides is 3. The van der Waals surface area contributed by atoms with E-state index in [-0.39, 0.29) is 36.8 Å². The molecule has 0 spiro atoms. The van der Waals surface area contributed by atoms with Crippen LogP contribution in [0.15, 0.2) is 65.3 Å². The van der Waals surface area contributed by atoms with Crippen LogP contribution in [0.4, 0.5) is 30.8 Å². The third-order valence-corrected chi connectivity index (χ3v) is 8.22. The molecule has 0 bridgehead atoms. The van der Waals surface area contributed by atoms with E-state index >= 15 is 0 Å². The van der Waals surface area contributed by atoms with Crippen LogP contribution >= 0.6 is 11.6 Å². The van der Waals surface area contributed by atoms with Crippen molar-refractivity contribution in [3.05, 3.63) is 76.5 Å². The van der Waals surface area contributed by atoms with Gasteiger partial charge in [-0.1, -0.05) is 29.8 Å². The summed E-state index contributed by atoms with van der Waals surface area (Å²) >= 11 is 6.02.